The summed E-state index contributed by atoms with van der Waals surface area (Å²) < 4.78 is 0. The quantitative estimate of drug-likeness (QED) is 0.638. The minimum Gasteiger partial charge on any atom is -0.384 e. The van der Waals surface area contributed by atoms with Crippen molar-refractivity contribution in [1.82, 2.24) is 4.98 Å². The van der Waals surface area contributed by atoms with Gasteiger partial charge in [-0.15, -0.1) is 0 Å². The van der Waals surface area contributed by atoms with Gasteiger partial charge in [0.15, 0.2) is 0 Å². The lowest BCUT2D eigenvalue weighted by molar-refractivity contribution is 0.760. The second kappa shape index (κ2) is 5.69. The summed E-state index contributed by atoms with van der Waals surface area (Å²) in [6.07, 6.45) is 2.23. The second-order valence-electron chi connectivity index (χ2n) is 4.74. The van der Waals surface area contributed by atoms with Crippen LogP contribution in [0.4, 0.5) is 5.82 Å². The topological polar surface area (TPSA) is 66.0 Å². The summed E-state index contributed by atoms with van der Waals surface area (Å²) in [6.45, 7) is 3.08. The molecule has 100 valence electrons. The summed E-state index contributed by atoms with van der Waals surface area (Å²) in [7, 11) is 2.00. The van der Waals surface area contributed by atoms with Crippen LogP contribution in [0.5, 0.6) is 0 Å². The largest absolute Gasteiger partial charge is 0.384 e. The van der Waals surface area contributed by atoms with Crippen LogP contribution in [-0.2, 0) is 0 Å². The van der Waals surface area contributed by atoms with Crippen LogP contribution in [0.25, 0.3) is 10.9 Å². The maximum Gasteiger partial charge on any atom is 0.140 e. The van der Waals surface area contributed by atoms with Gasteiger partial charge in [-0.05, 0) is 18.6 Å². The van der Waals surface area contributed by atoms with Gasteiger partial charge in [0.05, 0.1) is 11.1 Å². The van der Waals surface area contributed by atoms with Crippen LogP contribution in [0.1, 0.15) is 25.3 Å². The van der Waals surface area contributed by atoms with Crippen molar-refractivity contribution in [2.24, 2.45) is 5.73 Å². The van der Waals surface area contributed by atoms with Gasteiger partial charge in [0.25, 0.3) is 0 Å². The monoisotopic (exact) mass is 256 g/mol. The van der Waals surface area contributed by atoms with E-state index >= 15 is 0 Å². The lowest BCUT2D eigenvalue weighted by Gasteiger charge is -2.21. The molecule has 0 bridgehead atoms. The number of amidine groups is 1. The maximum absolute atomic E-state index is 7.73. The van der Waals surface area contributed by atoms with E-state index in [1.165, 1.54) is 0 Å². The van der Waals surface area contributed by atoms with Crippen LogP contribution in [0, 0.1) is 5.41 Å². The Balaban J connectivity index is 2.50. The lowest BCUT2D eigenvalue weighted by Crippen LogP contribution is -2.24. The van der Waals surface area contributed by atoms with Crippen LogP contribution in [-0.4, -0.2) is 24.4 Å². The Labute approximate surface area is 113 Å². The molecule has 2 rings (SSSR count). The Morgan fingerprint density at radius 2 is 2.11 bits per heavy atom. The summed E-state index contributed by atoms with van der Waals surface area (Å²) >= 11 is 0. The zero-order valence-corrected chi connectivity index (χ0v) is 11.5. The van der Waals surface area contributed by atoms with E-state index in [2.05, 4.69) is 16.8 Å². The molecule has 0 aliphatic carbocycles. The summed E-state index contributed by atoms with van der Waals surface area (Å²) in [5.74, 6) is 0.858. The molecule has 0 spiro atoms. The molecule has 1 heterocycles. The van der Waals surface area contributed by atoms with Gasteiger partial charge in [-0.3, -0.25) is 5.41 Å². The first-order chi connectivity index (χ1) is 9.13. The number of hydrogen-bond donors (Lipinski definition) is 2. The van der Waals surface area contributed by atoms with Gasteiger partial charge in [0, 0.05) is 19.0 Å². The highest BCUT2D eigenvalue weighted by molar-refractivity contribution is 6.02. The number of hydrogen-bond acceptors (Lipinski definition) is 3. The summed E-state index contributed by atoms with van der Waals surface area (Å²) in [5.41, 5.74) is 7.33. The Morgan fingerprint density at radius 3 is 2.79 bits per heavy atom. The molecule has 4 nitrogen and oxygen atoms in total. The molecular weight excluding hydrogens is 236 g/mol. The highest BCUT2D eigenvalue weighted by atomic mass is 15.2. The molecule has 0 atom stereocenters. The van der Waals surface area contributed by atoms with E-state index in [0.717, 1.165) is 36.1 Å². The molecule has 1 aromatic heterocycles. The average molecular weight is 256 g/mol. The Bertz CT molecular complexity index is 592. The predicted molar refractivity (Wildman–Crippen MR) is 80.9 cm³/mol. The molecule has 4 heteroatoms. The fourth-order valence-electron chi connectivity index (χ4n) is 2.10. The van der Waals surface area contributed by atoms with Crippen molar-refractivity contribution in [2.45, 2.75) is 19.8 Å². The third kappa shape index (κ3) is 2.84. The first kappa shape index (κ1) is 13.3. The Morgan fingerprint density at radius 1 is 1.37 bits per heavy atom. The van der Waals surface area contributed by atoms with E-state index in [1.54, 1.807) is 0 Å². The van der Waals surface area contributed by atoms with Crippen molar-refractivity contribution in [3.8, 4) is 0 Å². The van der Waals surface area contributed by atoms with Crippen molar-refractivity contribution in [3.63, 3.8) is 0 Å². The van der Waals surface area contributed by atoms with Gasteiger partial charge in [0.2, 0.25) is 0 Å². The number of nitrogens with two attached hydrogens (primary N) is 1. The predicted octanol–water partition coefficient (Wildman–Crippen LogP) is 2.76. The first-order valence-corrected chi connectivity index (χ1v) is 6.58. The van der Waals surface area contributed by atoms with Gasteiger partial charge in [-0.2, -0.15) is 0 Å². The maximum atomic E-state index is 7.73. The van der Waals surface area contributed by atoms with E-state index in [4.69, 9.17) is 11.1 Å². The zero-order valence-electron chi connectivity index (χ0n) is 11.5. The SMILES string of the molecule is CCCCN(C)c1nc2ccccc2cc1C(=N)N. The number of fused-ring (bicyclic) bond motifs is 1. The van der Waals surface area contributed by atoms with Gasteiger partial charge >= 0.3 is 0 Å². The number of anilines is 1. The molecule has 19 heavy (non-hydrogen) atoms. The number of unbranched alkanes of at least 4 members (excludes halogenated alkanes) is 1. The van der Waals surface area contributed by atoms with E-state index in [0.29, 0.717) is 5.56 Å². The fraction of sp³-hybridized carbons (Fsp3) is 0.333. The molecular formula is C15H20N4. The molecule has 0 saturated heterocycles. The Kier molecular flexibility index (Phi) is 4.00. The van der Waals surface area contributed by atoms with Crippen molar-refractivity contribution >= 4 is 22.6 Å². The molecule has 0 saturated carbocycles. The van der Waals surface area contributed by atoms with Crippen LogP contribution in [0.3, 0.4) is 0 Å². The van der Waals surface area contributed by atoms with Gasteiger partial charge in [-0.1, -0.05) is 31.5 Å². The number of pyridine rings is 1. The molecule has 0 aliphatic rings. The molecule has 2 aromatic rings. The summed E-state index contributed by atoms with van der Waals surface area (Å²) in [4.78, 5) is 6.73. The number of nitrogens with one attached hydrogen (secondary N) is 1. The van der Waals surface area contributed by atoms with E-state index in [9.17, 15) is 0 Å². The van der Waals surface area contributed by atoms with Crippen LogP contribution < -0.4 is 10.6 Å². The van der Waals surface area contributed by atoms with Crippen LogP contribution in [0.2, 0.25) is 0 Å². The molecule has 0 radical (unpaired) electrons. The Hall–Kier alpha value is -2.10. The third-order valence-corrected chi connectivity index (χ3v) is 3.20. The minimum atomic E-state index is 0.0663. The highest BCUT2D eigenvalue weighted by Crippen LogP contribution is 2.22. The van der Waals surface area contributed by atoms with E-state index < -0.39 is 0 Å². The van der Waals surface area contributed by atoms with E-state index in [1.807, 2.05) is 37.4 Å². The van der Waals surface area contributed by atoms with Crippen LogP contribution >= 0.6 is 0 Å². The molecule has 0 amide bonds. The third-order valence-electron chi connectivity index (χ3n) is 3.20. The van der Waals surface area contributed by atoms with Crippen LogP contribution in [0.15, 0.2) is 30.3 Å². The molecule has 0 aliphatic heterocycles. The fourth-order valence-corrected chi connectivity index (χ4v) is 2.10. The smallest absolute Gasteiger partial charge is 0.140 e. The zero-order chi connectivity index (χ0) is 13.8. The molecule has 3 N–H and O–H groups in total. The second-order valence-corrected chi connectivity index (χ2v) is 4.74. The number of rotatable bonds is 5. The summed E-state index contributed by atoms with van der Waals surface area (Å²) in [5, 5.41) is 8.75. The number of nitrogen functional groups attached to an aromatic ring is 1. The van der Waals surface area contributed by atoms with Crippen molar-refractivity contribution in [1.29, 1.82) is 5.41 Å². The number of aromatic nitrogens is 1. The highest BCUT2D eigenvalue weighted by Gasteiger charge is 2.12. The number of para-hydroxylation sites is 1. The van der Waals surface area contributed by atoms with Crippen molar-refractivity contribution in [2.75, 3.05) is 18.5 Å². The molecule has 0 unspecified atom stereocenters. The van der Waals surface area contributed by atoms with E-state index in [-0.39, 0.29) is 5.84 Å². The minimum absolute atomic E-state index is 0.0663. The molecule has 0 fully saturated rings. The molecule has 1 aromatic carbocycles. The van der Waals surface area contributed by atoms with Crippen molar-refractivity contribution < 1.29 is 0 Å². The van der Waals surface area contributed by atoms with Gasteiger partial charge in [-0.25, -0.2) is 4.98 Å². The van der Waals surface area contributed by atoms with Gasteiger partial charge < -0.3 is 10.6 Å². The normalized spacial score (nSPS) is 10.6. The number of benzene rings is 1. The lowest BCUT2D eigenvalue weighted by atomic mass is 10.1. The first-order valence-electron chi connectivity index (χ1n) is 6.58. The standard InChI is InChI=1S/C15H20N4/c1-3-4-9-19(2)15-12(14(16)17)10-11-7-5-6-8-13(11)18-15/h5-8,10H,3-4,9H2,1-2H3,(H3,16,17). The summed E-state index contributed by atoms with van der Waals surface area (Å²) in [6, 6.07) is 9.86. The van der Waals surface area contributed by atoms with Crippen molar-refractivity contribution in [3.05, 3.63) is 35.9 Å². The average Bonchev–Trinajstić information content (AvgIpc) is 2.43. The number of nitrogens with zero attached hydrogens (tertiary/aromatic N) is 2. The van der Waals surface area contributed by atoms with Gasteiger partial charge in [0.1, 0.15) is 11.7 Å².